The molecule has 0 saturated carbocycles. The lowest BCUT2D eigenvalue weighted by Gasteiger charge is -2.24. The summed E-state index contributed by atoms with van der Waals surface area (Å²) >= 11 is 0. The maximum absolute atomic E-state index is 11.8. The van der Waals surface area contributed by atoms with Crippen LogP contribution in [0.5, 0.6) is 0 Å². The molecule has 0 bridgehead atoms. The zero-order valence-electron chi connectivity index (χ0n) is 24.3. The second-order valence-corrected chi connectivity index (χ2v) is 12.5. The van der Waals surface area contributed by atoms with Crippen LogP contribution in [0.3, 0.4) is 0 Å². The van der Waals surface area contributed by atoms with Gasteiger partial charge in [-0.1, -0.05) is 103 Å². The second-order valence-electron chi connectivity index (χ2n) is 11.1. The van der Waals surface area contributed by atoms with Gasteiger partial charge in [-0.25, -0.2) is 9.36 Å². The molecule has 1 amide bonds. The SMILES string of the molecule is CCCCCCCCCCCCCCCCCCNC(=O)OCC(O)COP(=O)(O)OCC[N+](C)(C)C. The molecule has 0 aliphatic rings. The van der Waals surface area contributed by atoms with Gasteiger partial charge in [-0.3, -0.25) is 9.05 Å². The lowest BCUT2D eigenvalue weighted by molar-refractivity contribution is -0.870. The zero-order chi connectivity index (χ0) is 27.8. The Labute approximate surface area is 226 Å². The third-order valence-electron chi connectivity index (χ3n) is 6.15. The number of nitrogens with one attached hydrogen (secondary N) is 1. The Morgan fingerprint density at radius 1 is 0.784 bits per heavy atom. The van der Waals surface area contributed by atoms with Crippen LogP contribution in [0.4, 0.5) is 4.79 Å². The van der Waals surface area contributed by atoms with Crippen molar-refractivity contribution in [3.05, 3.63) is 0 Å². The smallest absolute Gasteiger partial charge is 0.447 e. The van der Waals surface area contributed by atoms with Crippen molar-refractivity contribution in [2.75, 3.05) is 54.1 Å². The average molecular weight is 554 g/mol. The molecule has 37 heavy (non-hydrogen) atoms. The van der Waals surface area contributed by atoms with Crippen molar-refractivity contribution < 1.29 is 37.6 Å². The number of ether oxygens (including phenoxy) is 1. The second kappa shape index (κ2) is 23.2. The predicted molar refractivity (Wildman–Crippen MR) is 150 cm³/mol. The van der Waals surface area contributed by atoms with Gasteiger partial charge < -0.3 is 24.5 Å². The number of phosphoric ester groups is 1. The van der Waals surface area contributed by atoms with E-state index in [9.17, 15) is 19.4 Å². The van der Waals surface area contributed by atoms with E-state index in [1.807, 2.05) is 21.1 Å². The Morgan fingerprint density at radius 2 is 1.24 bits per heavy atom. The van der Waals surface area contributed by atoms with Crippen LogP contribution in [0.25, 0.3) is 0 Å². The van der Waals surface area contributed by atoms with E-state index in [0.717, 1.165) is 12.8 Å². The van der Waals surface area contributed by atoms with Crippen LogP contribution < -0.4 is 5.32 Å². The lowest BCUT2D eigenvalue weighted by Crippen LogP contribution is -2.37. The van der Waals surface area contributed by atoms with Gasteiger partial charge in [0.2, 0.25) is 0 Å². The Morgan fingerprint density at radius 3 is 1.70 bits per heavy atom. The number of aliphatic hydroxyl groups is 1. The van der Waals surface area contributed by atoms with Gasteiger partial charge in [0.05, 0.1) is 27.7 Å². The van der Waals surface area contributed by atoms with E-state index in [1.54, 1.807) is 0 Å². The molecular weight excluding hydrogens is 495 g/mol. The highest BCUT2D eigenvalue weighted by Crippen LogP contribution is 2.43. The van der Waals surface area contributed by atoms with Gasteiger partial charge in [-0.15, -0.1) is 0 Å². The third-order valence-corrected chi connectivity index (χ3v) is 7.14. The Kier molecular flexibility index (Phi) is 22.8. The molecule has 2 atom stereocenters. The Hall–Kier alpha value is -0.700. The topological polar surface area (TPSA) is 114 Å². The first-order chi connectivity index (χ1) is 17.6. The van der Waals surface area contributed by atoms with Crippen molar-refractivity contribution in [3.63, 3.8) is 0 Å². The molecule has 0 spiro atoms. The number of carbonyl (C=O) groups is 1. The molecule has 2 unspecified atom stereocenters. The predicted octanol–water partition coefficient (Wildman–Crippen LogP) is 6.17. The highest BCUT2D eigenvalue weighted by Gasteiger charge is 2.24. The fourth-order valence-corrected chi connectivity index (χ4v) is 4.53. The molecule has 0 saturated heterocycles. The van der Waals surface area contributed by atoms with Crippen molar-refractivity contribution in [2.24, 2.45) is 0 Å². The molecule has 3 N–H and O–H groups in total. The normalized spacial score (nSPS) is 14.3. The maximum Gasteiger partial charge on any atom is 0.472 e. The van der Waals surface area contributed by atoms with Gasteiger partial charge in [-0.05, 0) is 6.42 Å². The van der Waals surface area contributed by atoms with Crippen molar-refractivity contribution in [1.82, 2.24) is 5.32 Å². The number of hydrogen-bond acceptors (Lipinski definition) is 6. The zero-order valence-corrected chi connectivity index (χ0v) is 25.2. The van der Waals surface area contributed by atoms with E-state index in [2.05, 4.69) is 12.2 Å². The number of hydrogen-bond donors (Lipinski definition) is 3. The molecule has 0 aliphatic heterocycles. The molecule has 0 aromatic heterocycles. The first-order valence-corrected chi connectivity index (χ1v) is 16.1. The molecule has 9 nitrogen and oxygen atoms in total. The van der Waals surface area contributed by atoms with Crippen LogP contribution in [0.15, 0.2) is 0 Å². The standard InChI is InChI=1S/C27H57N2O7P/c1-5-6-7-8-9-10-11-12-13-14-15-16-17-18-19-20-21-28-27(31)34-24-26(30)25-36-37(32,33)35-23-22-29(2,3)4/h26,30H,5-25H2,1-4H3,(H-,28,31,32,33)/p+1. The van der Waals surface area contributed by atoms with Crippen LogP contribution >= 0.6 is 7.82 Å². The summed E-state index contributed by atoms with van der Waals surface area (Å²) in [6.07, 6.45) is 19.0. The molecule has 0 fully saturated rings. The number of nitrogens with zero attached hydrogens (tertiary/aromatic N) is 1. The molecule has 0 aromatic rings. The summed E-state index contributed by atoms with van der Waals surface area (Å²) in [7, 11) is 1.53. The number of carbonyl (C=O) groups excluding carboxylic acids is 1. The summed E-state index contributed by atoms with van der Waals surface area (Å²) in [5, 5.41) is 12.5. The quantitative estimate of drug-likeness (QED) is 0.0666. The Bertz CT molecular complexity index is 588. The average Bonchev–Trinajstić information content (AvgIpc) is 2.82. The molecule has 222 valence electrons. The molecule has 10 heteroatoms. The van der Waals surface area contributed by atoms with E-state index in [1.165, 1.54) is 89.9 Å². The minimum atomic E-state index is -4.25. The molecule has 0 aliphatic carbocycles. The van der Waals surface area contributed by atoms with Crippen LogP contribution in [-0.2, 0) is 18.3 Å². The molecule has 0 radical (unpaired) electrons. The molecular formula is C27H58N2O7P+. The van der Waals surface area contributed by atoms with Crippen LogP contribution in [0, 0.1) is 0 Å². The maximum atomic E-state index is 11.8. The highest BCUT2D eigenvalue weighted by molar-refractivity contribution is 7.47. The fraction of sp³-hybridized carbons (Fsp3) is 0.963. The summed E-state index contributed by atoms with van der Waals surface area (Å²) in [6, 6.07) is 0. The van der Waals surface area contributed by atoms with Gasteiger partial charge in [0.1, 0.15) is 25.9 Å². The van der Waals surface area contributed by atoms with Crippen molar-refractivity contribution in [3.8, 4) is 0 Å². The van der Waals surface area contributed by atoms with Crippen molar-refractivity contribution >= 4 is 13.9 Å². The summed E-state index contributed by atoms with van der Waals surface area (Å²) < 4.78 is 26.9. The number of alkyl carbamates (subject to hydrolysis) is 1. The van der Waals surface area contributed by atoms with Crippen LogP contribution in [0.1, 0.15) is 110 Å². The van der Waals surface area contributed by atoms with Crippen LogP contribution in [0.2, 0.25) is 0 Å². The number of rotatable bonds is 26. The fourth-order valence-electron chi connectivity index (χ4n) is 3.78. The van der Waals surface area contributed by atoms with Gasteiger partial charge in [-0.2, -0.15) is 0 Å². The summed E-state index contributed by atoms with van der Waals surface area (Å²) in [4.78, 5) is 21.4. The highest BCUT2D eigenvalue weighted by atomic mass is 31.2. The summed E-state index contributed by atoms with van der Waals surface area (Å²) in [5.74, 6) is 0. The molecule has 0 rings (SSSR count). The Balaban J connectivity index is 3.48. The minimum Gasteiger partial charge on any atom is -0.447 e. The van der Waals surface area contributed by atoms with Gasteiger partial charge in [0.15, 0.2) is 0 Å². The number of phosphoric acid groups is 1. The van der Waals surface area contributed by atoms with E-state index in [0.29, 0.717) is 17.6 Å². The van der Waals surface area contributed by atoms with Gasteiger partial charge >= 0.3 is 13.9 Å². The summed E-state index contributed by atoms with van der Waals surface area (Å²) in [5.41, 5.74) is 0. The largest absolute Gasteiger partial charge is 0.472 e. The van der Waals surface area contributed by atoms with Crippen molar-refractivity contribution in [1.29, 1.82) is 0 Å². The molecule has 0 heterocycles. The van der Waals surface area contributed by atoms with Gasteiger partial charge in [0, 0.05) is 6.54 Å². The van der Waals surface area contributed by atoms with E-state index >= 15 is 0 Å². The minimum absolute atomic E-state index is 0.0473. The first kappa shape index (κ1) is 36.3. The first-order valence-electron chi connectivity index (χ1n) is 14.6. The monoisotopic (exact) mass is 553 g/mol. The number of likely N-dealkylation sites (N-methyl/N-ethyl adjacent to an activating group) is 1. The lowest BCUT2D eigenvalue weighted by atomic mass is 10.0. The number of quaternary nitrogens is 1. The number of amides is 1. The van der Waals surface area contributed by atoms with E-state index in [4.69, 9.17) is 13.8 Å². The summed E-state index contributed by atoms with van der Waals surface area (Å²) in [6.45, 7) is 2.56. The van der Waals surface area contributed by atoms with E-state index in [-0.39, 0.29) is 13.2 Å². The van der Waals surface area contributed by atoms with Crippen LogP contribution in [-0.4, -0.2) is 80.7 Å². The van der Waals surface area contributed by atoms with Crippen molar-refractivity contribution in [2.45, 2.75) is 116 Å². The van der Waals surface area contributed by atoms with Gasteiger partial charge in [0.25, 0.3) is 0 Å². The number of unbranched alkanes of at least 4 members (excludes halogenated alkanes) is 15. The molecule has 0 aromatic carbocycles. The number of aliphatic hydroxyl groups excluding tert-OH is 1. The van der Waals surface area contributed by atoms with E-state index < -0.39 is 26.6 Å². The third kappa shape index (κ3) is 28.1.